The fraction of sp³-hybridized carbons (Fsp3) is 0.0952. The van der Waals surface area contributed by atoms with E-state index in [2.05, 4.69) is 5.32 Å². The number of anilines is 1. The van der Waals surface area contributed by atoms with Crippen LogP contribution in [0.2, 0.25) is 0 Å². The second-order valence-corrected chi connectivity index (χ2v) is 5.77. The Morgan fingerprint density at radius 2 is 1.61 bits per heavy atom. The van der Waals surface area contributed by atoms with Gasteiger partial charge in [-0.15, -0.1) is 0 Å². The molecular weight excluding hydrogens is 360 g/mol. The number of carbonyl (C=O) groups is 1. The van der Waals surface area contributed by atoms with Gasteiger partial charge in [-0.25, -0.2) is 0 Å². The zero-order valence-electron chi connectivity index (χ0n) is 14.9. The Morgan fingerprint density at radius 1 is 0.893 bits per heavy atom. The van der Waals surface area contributed by atoms with Crippen molar-refractivity contribution in [2.45, 2.75) is 0 Å². The van der Waals surface area contributed by atoms with Crippen LogP contribution in [0.15, 0.2) is 78.9 Å². The molecular formula is C21H18N2O5. The highest BCUT2D eigenvalue weighted by Gasteiger charge is 2.12. The molecule has 7 heteroatoms. The lowest BCUT2D eigenvalue weighted by Crippen LogP contribution is -2.15. The van der Waals surface area contributed by atoms with E-state index in [1.165, 1.54) is 12.1 Å². The van der Waals surface area contributed by atoms with E-state index in [-0.39, 0.29) is 24.8 Å². The van der Waals surface area contributed by atoms with E-state index in [9.17, 15) is 14.9 Å². The largest absolute Gasteiger partial charge is 0.490 e. The van der Waals surface area contributed by atoms with Crippen LogP contribution >= 0.6 is 0 Å². The minimum absolute atomic E-state index is 0.0404. The summed E-state index contributed by atoms with van der Waals surface area (Å²) in [5, 5.41) is 13.6. The zero-order valence-corrected chi connectivity index (χ0v) is 14.9. The van der Waals surface area contributed by atoms with Crippen molar-refractivity contribution < 1.29 is 19.2 Å². The normalized spacial score (nSPS) is 10.1. The van der Waals surface area contributed by atoms with Crippen LogP contribution in [-0.2, 0) is 0 Å². The lowest BCUT2D eigenvalue weighted by atomic mass is 10.2. The number of hydrogen-bond donors (Lipinski definition) is 1. The molecule has 0 bridgehead atoms. The molecule has 0 radical (unpaired) electrons. The minimum Gasteiger partial charge on any atom is -0.490 e. The van der Waals surface area contributed by atoms with Crippen LogP contribution in [-0.4, -0.2) is 24.0 Å². The van der Waals surface area contributed by atoms with Gasteiger partial charge >= 0.3 is 0 Å². The average molecular weight is 378 g/mol. The lowest BCUT2D eigenvalue weighted by Gasteiger charge is -2.12. The number of ether oxygens (including phenoxy) is 2. The summed E-state index contributed by atoms with van der Waals surface area (Å²) in [6, 6.07) is 22.0. The molecule has 0 saturated heterocycles. The van der Waals surface area contributed by atoms with E-state index in [0.29, 0.717) is 22.7 Å². The van der Waals surface area contributed by atoms with E-state index in [1.54, 1.807) is 48.5 Å². The van der Waals surface area contributed by atoms with E-state index < -0.39 is 4.92 Å². The number of rotatable bonds is 8. The molecule has 0 spiro atoms. The van der Waals surface area contributed by atoms with Crippen molar-refractivity contribution in [3.8, 4) is 11.5 Å². The SMILES string of the molecule is O=C(Nc1ccccc1)c1ccccc1OCCOc1cccc([N+](=O)[O-])c1. The number of carbonyl (C=O) groups excluding carboxylic acids is 1. The summed E-state index contributed by atoms with van der Waals surface area (Å²) in [5.74, 6) is 0.535. The van der Waals surface area contributed by atoms with E-state index in [0.717, 1.165) is 0 Å². The van der Waals surface area contributed by atoms with Crippen LogP contribution in [0.4, 0.5) is 11.4 Å². The number of amides is 1. The fourth-order valence-electron chi connectivity index (χ4n) is 2.50. The van der Waals surface area contributed by atoms with Gasteiger partial charge in [-0.1, -0.05) is 36.4 Å². The predicted octanol–water partition coefficient (Wildman–Crippen LogP) is 4.30. The number of nitrogens with zero attached hydrogens (tertiary/aromatic N) is 1. The Morgan fingerprint density at radius 3 is 2.39 bits per heavy atom. The van der Waals surface area contributed by atoms with Gasteiger partial charge in [0, 0.05) is 11.8 Å². The first-order chi connectivity index (χ1) is 13.6. The number of nitro groups is 1. The Labute approximate surface area is 161 Å². The second-order valence-electron chi connectivity index (χ2n) is 5.77. The molecule has 0 heterocycles. The van der Waals surface area contributed by atoms with Gasteiger partial charge in [0.1, 0.15) is 24.7 Å². The molecule has 142 valence electrons. The summed E-state index contributed by atoms with van der Waals surface area (Å²) >= 11 is 0. The number of benzene rings is 3. The molecule has 1 N–H and O–H groups in total. The van der Waals surface area contributed by atoms with Gasteiger partial charge in [0.05, 0.1) is 16.6 Å². The first-order valence-electron chi connectivity index (χ1n) is 8.59. The molecule has 0 aliphatic heterocycles. The van der Waals surface area contributed by atoms with Crippen molar-refractivity contribution in [1.29, 1.82) is 0 Å². The zero-order chi connectivity index (χ0) is 19.8. The van der Waals surface area contributed by atoms with Crippen LogP contribution in [0.25, 0.3) is 0 Å². The highest BCUT2D eigenvalue weighted by Crippen LogP contribution is 2.21. The molecule has 0 unspecified atom stereocenters. The Balaban J connectivity index is 1.57. The first-order valence-corrected chi connectivity index (χ1v) is 8.59. The second kappa shape index (κ2) is 9.18. The van der Waals surface area contributed by atoms with Crippen LogP contribution < -0.4 is 14.8 Å². The molecule has 0 aliphatic rings. The maximum Gasteiger partial charge on any atom is 0.273 e. The van der Waals surface area contributed by atoms with Crippen LogP contribution in [0, 0.1) is 10.1 Å². The molecule has 0 fully saturated rings. The summed E-state index contributed by atoms with van der Waals surface area (Å²) in [5.41, 5.74) is 1.05. The Kier molecular flexibility index (Phi) is 6.20. The van der Waals surface area contributed by atoms with Gasteiger partial charge in [-0.3, -0.25) is 14.9 Å². The van der Waals surface area contributed by atoms with E-state index in [1.807, 2.05) is 18.2 Å². The Bertz CT molecular complexity index is 960. The van der Waals surface area contributed by atoms with Gasteiger partial charge in [0.2, 0.25) is 0 Å². The third kappa shape index (κ3) is 5.07. The van der Waals surface area contributed by atoms with Crippen LogP contribution in [0.5, 0.6) is 11.5 Å². The summed E-state index contributed by atoms with van der Waals surface area (Å²) in [4.78, 5) is 22.8. The highest BCUT2D eigenvalue weighted by atomic mass is 16.6. The van der Waals surface area contributed by atoms with Crippen LogP contribution in [0.3, 0.4) is 0 Å². The highest BCUT2D eigenvalue weighted by molar-refractivity contribution is 6.06. The summed E-state index contributed by atoms with van der Waals surface area (Å²) in [6.45, 7) is 0.355. The third-order valence-corrected chi connectivity index (χ3v) is 3.80. The number of non-ortho nitro benzene ring substituents is 1. The molecule has 3 aromatic carbocycles. The number of para-hydroxylation sites is 2. The summed E-state index contributed by atoms with van der Waals surface area (Å²) in [6.07, 6.45) is 0. The summed E-state index contributed by atoms with van der Waals surface area (Å²) in [7, 11) is 0. The monoisotopic (exact) mass is 378 g/mol. The molecule has 28 heavy (non-hydrogen) atoms. The van der Waals surface area contributed by atoms with Crippen molar-refractivity contribution >= 4 is 17.3 Å². The average Bonchev–Trinajstić information content (AvgIpc) is 2.72. The van der Waals surface area contributed by atoms with Crippen molar-refractivity contribution in [2.75, 3.05) is 18.5 Å². The molecule has 0 atom stereocenters. The predicted molar refractivity (Wildman–Crippen MR) is 105 cm³/mol. The lowest BCUT2D eigenvalue weighted by molar-refractivity contribution is -0.384. The Hall–Kier alpha value is -3.87. The van der Waals surface area contributed by atoms with Gasteiger partial charge in [-0.05, 0) is 30.3 Å². The number of hydrogen-bond acceptors (Lipinski definition) is 5. The third-order valence-electron chi connectivity index (χ3n) is 3.80. The van der Waals surface area contributed by atoms with Crippen molar-refractivity contribution in [3.63, 3.8) is 0 Å². The molecule has 0 aromatic heterocycles. The topological polar surface area (TPSA) is 90.7 Å². The number of nitro benzene ring substituents is 1. The summed E-state index contributed by atoms with van der Waals surface area (Å²) < 4.78 is 11.2. The number of nitrogens with one attached hydrogen (secondary N) is 1. The van der Waals surface area contributed by atoms with E-state index in [4.69, 9.17) is 9.47 Å². The fourth-order valence-corrected chi connectivity index (χ4v) is 2.50. The molecule has 0 aliphatic carbocycles. The van der Waals surface area contributed by atoms with Crippen LogP contribution in [0.1, 0.15) is 10.4 Å². The molecule has 1 amide bonds. The first kappa shape index (κ1) is 18.9. The maximum atomic E-state index is 12.5. The smallest absolute Gasteiger partial charge is 0.273 e. The van der Waals surface area contributed by atoms with Crippen molar-refractivity contribution in [2.24, 2.45) is 0 Å². The maximum absolute atomic E-state index is 12.5. The van der Waals surface area contributed by atoms with Crippen molar-refractivity contribution in [1.82, 2.24) is 0 Å². The standard InChI is InChI=1S/C21H18N2O5/c24-21(22-16-7-2-1-3-8-16)19-11-4-5-12-20(19)28-14-13-27-18-10-6-9-17(15-18)23(25)26/h1-12,15H,13-14H2,(H,22,24). The quantitative estimate of drug-likeness (QED) is 0.358. The molecule has 3 rings (SSSR count). The van der Waals surface area contributed by atoms with Crippen molar-refractivity contribution in [3.05, 3.63) is 94.5 Å². The van der Waals surface area contributed by atoms with Gasteiger partial charge in [0.25, 0.3) is 11.6 Å². The van der Waals surface area contributed by atoms with E-state index >= 15 is 0 Å². The minimum atomic E-state index is -0.481. The molecule has 7 nitrogen and oxygen atoms in total. The van der Waals surface area contributed by atoms with Gasteiger partial charge in [-0.2, -0.15) is 0 Å². The molecule has 3 aromatic rings. The van der Waals surface area contributed by atoms with Gasteiger partial charge in [0.15, 0.2) is 0 Å². The molecule has 0 saturated carbocycles. The van der Waals surface area contributed by atoms with Gasteiger partial charge < -0.3 is 14.8 Å².